The van der Waals surface area contributed by atoms with Crippen LogP contribution in [0.3, 0.4) is 0 Å². The number of benzene rings is 1. The van der Waals surface area contributed by atoms with Gasteiger partial charge in [0.25, 0.3) is 0 Å². The van der Waals surface area contributed by atoms with Gasteiger partial charge in [-0.2, -0.15) is 0 Å². The van der Waals surface area contributed by atoms with Crippen molar-refractivity contribution in [2.45, 2.75) is 19.3 Å². The predicted molar refractivity (Wildman–Crippen MR) is 86.8 cm³/mol. The minimum absolute atomic E-state index is 0.103. The summed E-state index contributed by atoms with van der Waals surface area (Å²) in [5, 5.41) is 5.60. The molecule has 2 heterocycles. The Morgan fingerprint density at radius 1 is 1.17 bits per heavy atom. The quantitative estimate of drug-likeness (QED) is 0.854. The molecule has 0 saturated carbocycles. The zero-order chi connectivity index (χ0) is 16.2. The van der Waals surface area contributed by atoms with E-state index in [-0.39, 0.29) is 43.5 Å². The summed E-state index contributed by atoms with van der Waals surface area (Å²) in [6.45, 7) is 0.140. The first-order chi connectivity index (χ1) is 11.1. The van der Waals surface area contributed by atoms with Crippen LogP contribution in [0.2, 0.25) is 0 Å². The fourth-order valence-corrected chi connectivity index (χ4v) is 3.02. The second-order valence-electron chi connectivity index (χ2n) is 5.15. The van der Waals surface area contributed by atoms with Gasteiger partial charge in [-0.25, -0.2) is 4.98 Å². The number of hydrogen-bond acceptors (Lipinski definition) is 5. The number of imide groups is 1. The average Bonchev–Trinajstić information content (AvgIpc) is 3.17. The van der Waals surface area contributed by atoms with Gasteiger partial charge < -0.3 is 5.32 Å². The number of likely N-dealkylation sites (tertiary alicyclic amines) is 1. The molecular weight excluding hydrogens is 314 g/mol. The maximum atomic E-state index is 11.9. The van der Waals surface area contributed by atoms with Gasteiger partial charge in [0.1, 0.15) is 5.01 Å². The van der Waals surface area contributed by atoms with Crippen molar-refractivity contribution in [3.8, 4) is 10.6 Å². The lowest BCUT2D eigenvalue weighted by Gasteiger charge is -2.13. The third kappa shape index (κ3) is 3.62. The van der Waals surface area contributed by atoms with Gasteiger partial charge in [0.05, 0.1) is 0 Å². The van der Waals surface area contributed by atoms with Crippen LogP contribution in [0.5, 0.6) is 0 Å². The van der Waals surface area contributed by atoms with Crippen LogP contribution in [0.4, 0.5) is 5.69 Å². The second-order valence-corrected chi connectivity index (χ2v) is 6.05. The molecule has 1 saturated heterocycles. The molecule has 6 nitrogen and oxygen atoms in total. The number of carbonyl (C=O) groups is 3. The normalized spacial score (nSPS) is 14.3. The second kappa shape index (κ2) is 6.70. The number of carbonyl (C=O) groups excluding carboxylic acids is 3. The van der Waals surface area contributed by atoms with Gasteiger partial charge in [-0.3, -0.25) is 19.3 Å². The number of anilines is 1. The summed E-state index contributed by atoms with van der Waals surface area (Å²) in [5.74, 6) is -0.620. The molecule has 3 amide bonds. The highest BCUT2D eigenvalue weighted by Gasteiger charge is 2.28. The third-order valence-corrected chi connectivity index (χ3v) is 4.39. The van der Waals surface area contributed by atoms with E-state index in [1.165, 1.54) is 0 Å². The van der Waals surface area contributed by atoms with Gasteiger partial charge in [0.2, 0.25) is 17.7 Å². The number of rotatable bonds is 5. The number of aromatic nitrogens is 1. The lowest BCUT2D eigenvalue weighted by molar-refractivity contribution is -0.138. The van der Waals surface area contributed by atoms with Crippen LogP contribution in [-0.2, 0) is 14.4 Å². The molecule has 0 spiro atoms. The maximum Gasteiger partial charge on any atom is 0.229 e. The Balaban J connectivity index is 1.54. The van der Waals surface area contributed by atoms with Gasteiger partial charge >= 0.3 is 0 Å². The molecule has 1 fully saturated rings. The Hall–Kier alpha value is -2.54. The van der Waals surface area contributed by atoms with Gasteiger partial charge in [0.15, 0.2) is 0 Å². The van der Waals surface area contributed by atoms with Crippen molar-refractivity contribution >= 4 is 34.7 Å². The molecular formula is C16H15N3O3S. The van der Waals surface area contributed by atoms with Crippen molar-refractivity contribution < 1.29 is 14.4 Å². The summed E-state index contributed by atoms with van der Waals surface area (Å²) in [5.41, 5.74) is 1.67. The first kappa shape index (κ1) is 15.4. The van der Waals surface area contributed by atoms with Crippen LogP contribution in [0.1, 0.15) is 19.3 Å². The first-order valence-electron chi connectivity index (χ1n) is 7.26. The van der Waals surface area contributed by atoms with E-state index in [9.17, 15) is 14.4 Å². The van der Waals surface area contributed by atoms with E-state index in [0.717, 1.165) is 15.5 Å². The van der Waals surface area contributed by atoms with E-state index >= 15 is 0 Å². The Morgan fingerprint density at radius 3 is 2.48 bits per heavy atom. The Bertz CT molecular complexity index is 710. The Morgan fingerprint density at radius 2 is 1.87 bits per heavy atom. The van der Waals surface area contributed by atoms with Crippen molar-refractivity contribution in [2.75, 3.05) is 11.9 Å². The SMILES string of the molecule is O=C(CCN1C(=O)CCC1=O)Nc1ccc(-c2nccs2)cc1. The van der Waals surface area contributed by atoms with Crippen molar-refractivity contribution in [1.29, 1.82) is 0 Å². The summed E-state index contributed by atoms with van der Waals surface area (Å²) in [4.78, 5) is 40.3. The molecule has 0 aliphatic carbocycles. The molecule has 7 heteroatoms. The van der Waals surface area contributed by atoms with Gasteiger partial charge in [-0.1, -0.05) is 0 Å². The van der Waals surface area contributed by atoms with Crippen LogP contribution in [0.25, 0.3) is 10.6 Å². The number of nitrogens with one attached hydrogen (secondary N) is 1. The van der Waals surface area contributed by atoms with Crippen LogP contribution < -0.4 is 5.32 Å². The topological polar surface area (TPSA) is 79.4 Å². The van der Waals surface area contributed by atoms with Crippen LogP contribution in [0.15, 0.2) is 35.8 Å². The van der Waals surface area contributed by atoms with Gasteiger partial charge in [-0.15, -0.1) is 11.3 Å². The number of amides is 3. The van der Waals surface area contributed by atoms with E-state index in [4.69, 9.17) is 0 Å². The van der Waals surface area contributed by atoms with Gasteiger partial charge in [-0.05, 0) is 24.3 Å². The minimum atomic E-state index is -0.223. The average molecular weight is 329 g/mol. The molecule has 0 bridgehead atoms. The summed E-state index contributed by atoms with van der Waals surface area (Å²) in [7, 11) is 0. The highest BCUT2D eigenvalue weighted by molar-refractivity contribution is 7.13. The molecule has 1 aliphatic rings. The standard InChI is InChI=1S/C16H15N3O3S/c20-13(7-9-19-14(21)5-6-15(19)22)18-12-3-1-11(2-4-12)16-17-8-10-23-16/h1-4,8,10H,5-7,9H2,(H,18,20). The smallest absolute Gasteiger partial charge is 0.229 e. The fraction of sp³-hybridized carbons (Fsp3) is 0.250. The summed E-state index contributed by atoms with van der Waals surface area (Å²) >= 11 is 1.55. The molecule has 1 aromatic heterocycles. The molecule has 118 valence electrons. The van der Waals surface area contributed by atoms with E-state index in [2.05, 4.69) is 10.3 Å². The van der Waals surface area contributed by atoms with Crippen LogP contribution in [0, 0.1) is 0 Å². The summed E-state index contributed by atoms with van der Waals surface area (Å²) in [6.07, 6.45) is 2.35. The third-order valence-electron chi connectivity index (χ3n) is 3.57. The van der Waals surface area contributed by atoms with Crippen molar-refractivity contribution in [3.63, 3.8) is 0 Å². The van der Waals surface area contributed by atoms with Crippen molar-refractivity contribution in [3.05, 3.63) is 35.8 Å². The number of thiazole rings is 1. The number of nitrogens with zero attached hydrogens (tertiary/aromatic N) is 2. The maximum absolute atomic E-state index is 11.9. The van der Waals surface area contributed by atoms with Crippen LogP contribution in [-0.4, -0.2) is 34.2 Å². The zero-order valence-electron chi connectivity index (χ0n) is 12.3. The molecule has 23 heavy (non-hydrogen) atoms. The Labute approximate surface area is 137 Å². The molecule has 0 radical (unpaired) electrons. The van der Waals surface area contributed by atoms with E-state index in [1.54, 1.807) is 29.7 Å². The Kier molecular flexibility index (Phi) is 4.47. The molecule has 0 unspecified atom stereocenters. The van der Waals surface area contributed by atoms with Crippen LogP contribution >= 0.6 is 11.3 Å². The zero-order valence-corrected chi connectivity index (χ0v) is 13.1. The lowest BCUT2D eigenvalue weighted by Crippen LogP contribution is -2.32. The van der Waals surface area contributed by atoms with Crippen molar-refractivity contribution in [1.82, 2.24) is 9.88 Å². The molecule has 1 aromatic carbocycles. The minimum Gasteiger partial charge on any atom is -0.326 e. The fourth-order valence-electron chi connectivity index (χ4n) is 2.37. The molecule has 1 N–H and O–H groups in total. The monoisotopic (exact) mass is 329 g/mol. The summed E-state index contributed by atoms with van der Waals surface area (Å²) in [6, 6.07) is 7.39. The highest BCUT2D eigenvalue weighted by Crippen LogP contribution is 2.23. The largest absolute Gasteiger partial charge is 0.326 e. The van der Waals surface area contributed by atoms with E-state index in [0.29, 0.717) is 5.69 Å². The lowest BCUT2D eigenvalue weighted by atomic mass is 10.2. The van der Waals surface area contributed by atoms with E-state index in [1.807, 2.05) is 17.5 Å². The number of hydrogen-bond donors (Lipinski definition) is 1. The molecule has 3 rings (SSSR count). The van der Waals surface area contributed by atoms with E-state index < -0.39 is 0 Å². The molecule has 0 atom stereocenters. The van der Waals surface area contributed by atoms with Crippen molar-refractivity contribution in [2.24, 2.45) is 0 Å². The molecule has 2 aromatic rings. The highest BCUT2D eigenvalue weighted by atomic mass is 32.1. The first-order valence-corrected chi connectivity index (χ1v) is 8.14. The summed E-state index contributed by atoms with van der Waals surface area (Å²) < 4.78 is 0. The molecule has 1 aliphatic heterocycles. The predicted octanol–water partition coefficient (Wildman–Crippen LogP) is 2.29. The van der Waals surface area contributed by atoms with Gasteiger partial charge in [0, 0.05) is 48.6 Å².